The van der Waals surface area contributed by atoms with Crippen molar-refractivity contribution in [2.24, 2.45) is 0 Å². The van der Waals surface area contributed by atoms with Gasteiger partial charge in [-0.05, 0) is 13.8 Å². The molecular formula is C11H18O5. The Morgan fingerprint density at radius 2 is 2.00 bits per heavy atom. The van der Waals surface area contributed by atoms with Crippen LogP contribution in [0.25, 0.3) is 0 Å². The van der Waals surface area contributed by atoms with Gasteiger partial charge in [-0.2, -0.15) is 0 Å². The minimum Gasteiger partial charge on any atom is -0.463 e. The molecule has 16 heavy (non-hydrogen) atoms. The fourth-order valence-corrected chi connectivity index (χ4v) is 0.891. The maximum absolute atomic E-state index is 11.3. The lowest BCUT2D eigenvalue weighted by molar-refractivity contribution is -0.164. The van der Waals surface area contributed by atoms with E-state index in [2.05, 4.69) is 0 Å². The van der Waals surface area contributed by atoms with Gasteiger partial charge in [0.05, 0.1) is 6.61 Å². The molecular weight excluding hydrogens is 212 g/mol. The van der Waals surface area contributed by atoms with Crippen LogP contribution in [0.2, 0.25) is 0 Å². The summed E-state index contributed by atoms with van der Waals surface area (Å²) in [4.78, 5) is 22.3. The molecule has 0 N–H and O–H groups in total. The quantitative estimate of drug-likeness (QED) is 0.372. The van der Waals surface area contributed by atoms with E-state index in [0.29, 0.717) is 13.0 Å². The molecule has 1 atom stereocenters. The van der Waals surface area contributed by atoms with Gasteiger partial charge in [0.15, 0.2) is 6.10 Å². The monoisotopic (exact) mass is 230 g/mol. The predicted molar refractivity (Wildman–Crippen MR) is 57.8 cm³/mol. The molecule has 0 spiro atoms. The molecule has 5 heteroatoms. The number of methoxy groups -OCH3 is 1. The molecule has 0 fully saturated rings. The van der Waals surface area contributed by atoms with Crippen molar-refractivity contribution < 1.29 is 23.8 Å². The second kappa shape index (κ2) is 8.91. The predicted octanol–water partition coefficient (Wildman–Crippen LogP) is 1.07. The van der Waals surface area contributed by atoms with Crippen LogP contribution in [-0.2, 0) is 23.8 Å². The molecule has 0 rings (SSSR count). The molecule has 0 bridgehead atoms. The third-order valence-electron chi connectivity index (χ3n) is 1.66. The average molecular weight is 230 g/mol. The van der Waals surface area contributed by atoms with Crippen molar-refractivity contribution in [3.8, 4) is 0 Å². The number of carbonyl (C=O) groups is 2. The van der Waals surface area contributed by atoms with E-state index in [1.54, 1.807) is 20.1 Å². The average Bonchev–Trinajstić information content (AvgIpc) is 2.24. The topological polar surface area (TPSA) is 61.8 Å². The van der Waals surface area contributed by atoms with Crippen molar-refractivity contribution in [2.75, 3.05) is 20.3 Å². The zero-order valence-corrected chi connectivity index (χ0v) is 9.89. The van der Waals surface area contributed by atoms with Gasteiger partial charge in [0.1, 0.15) is 0 Å². The Bertz CT molecular complexity index is 247. The summed E-state index contributed by atoms with van der Waals surface area (Å²) in [5.74, 6) is -1.10. The van der Waals surface area contributed by atoms with Crippen molar-refractivity contribution in [1.82, 2.24) is 0 Å². The molecule has 0 aromatic heterocycles. The molecule has 0 heterocycles. The van der Waals surface area contributed by atoms with Crippen molar-refractivity contribution in [1.29, 1.82) is 0 Å². The Hall–Kier alpha value is -1.36. The standard InChI is InChI=1S/C11H18O5/c1-4-6-10(12)16-9(2)11(13)15-8-5-7-14-3/h4,6,9H,5,7-8H2,1-3H3/b6-4-. The highest BCUT2D eigenvalue weighted by Crippen LogP contribution is 1.97. The van der Waals surface area contributed by atoms with Crippen LogP contribution < -0.4 is 0 Å². The zero-order chi connectivity index (χ0) is 12.4. The molecule has 0 aromatic rings. The Labute approximate surface area is 95.4 Å². The Morgan fingerprint density at radius 3 is 2.56 bits per heavy atom. The van der Waals surface area contributed by atoms with Crippen LogP contribution in [0.4, 0.5) is 0 Å². The number of esters is 2. The summed E-state index contributed by atoms with van der Waals surface area (Å²) in [6, 6.07) is 0. The molecule has 0 aliphatic heterocycles. The van der Waals surface area contributed by atoms with Gasteiger partial charge in [0, 0.05) is 26.2 Å². The van der Waals surface area contributed by atoms with E-state index in [1.165, 1.54) is 13.0 Å². The molecule has 0 amide bonds. The summed E-state index contributed by atoms with van der Waals surface area (Å²) < 4.78 is 14.4. The summed E-state index contributed by atoms with van der Waals surface area (Å²) >= 11 is 0. The molecule has 0 saturated carbocycles. The summed E-state index contributed by atoms with van der Waals surface area (Å²) in [5.41, 5.74) is 0. The molecule has 0 aromatic carbocycles. The van der Waals surface area contributed by atoms with Crippen LogP contribution in [0.1, 0.15) is 20.3 Å². The van der Waals surface area contributed by atoms with E-state index < -0.39 is 18.0 Å². The lowest BCUT2D eigenvalue weighted by Gasteiger charge is -2.11. The Kier molecular flexibility index (Phi) is 8.15. The molecule has 0 aliphatic carbocycles. The largest absolute Gasteiger partial charge is 0.463 e. The van der Waals surface area contributed by atoms with Crippen molar-refractivity contribution in [2.45, 2.75) is 26.4 Å². The maximum atomic E-state index is 11.3. The molecule has 0 aliphatic rings. The van der Waals surface area contributed by atoms with Crippen LogP contribution in [0.3, 0.4) is 0 Å². The van der Waals surface area contributed by atoms with Crippen LogP contribution in [0.15, 0.2) is 12.2 Å². The number of ether oxygens (including phenoxy) is 3. The Balaban J connectivity index is 3.77. The van der Waals surface area contributed by atoms with Crippen molar-refractivity contribution >= 4 is 11.9 Å². The third-order valence-corrected chi connectivity index (χ3v) is 1.66. The summed E-state index contributed by atoms with van der Waals surface area (Å²) in [6.45, 7) is 3.95. The highest BCUT2D eigenvalue weighted by atomic mass is 16.6. The van der Waals surface area contributed by atoms with E-state index >= 15 is 0 Å². The van der Waals surface area contributed by atoms with Crippen LogP contribution >= 0.6 is 0 Å². The van der Waals surface area contributed by atoms with Gasteiger partial charge >= 0.3 is 11.9 Å². The number of carbonyl (C=O) groups excluding carboxylic acids is 2. The van der Waals surface area contributed by atoms with Gasteiger partial charge in [-0.3, -0.25) is 0 Å². The number of hydrogen-bond acceptors (Lipinski definition) is 5. The summed E-state index contributed by atoms with van der Waals surface area (Å²) in [5, 5.41) is 0. The van der Waals surface area contributed by atoms with Crippen LogP contribution in [0.5, 0.6) is 0 Å². The first kappa shape index (κ1) is 14.6. The van der Waals surface area contributed by atoms with Gasteiger partial charge in [-0.25, -0.2) is 9.59 Å². The van der Waals surface area contributed by atoms with Gasteiger partial charge in [-0.15, -0.1) is 0 Å². The van der Waals surface area contributed by atoms with Gasteiger partial charge < -0.3 is 14.2 Å². The van der Waals surface area contributed by atoms with Gasteiger partial charge in [0.25, 0.3) is 0 Å². The molecule has 0 radical (unpaired) electrons. The summed E-state index contributed by atoms with van der Waals surface area (Å²) in [7, 11) is 1.57. The molecule has 1 unspecified atom stereocenters. The lowest BCUT2D eigenvalue weighted by atomic mass is 10.4. The van der Waals surface area contributed by atoms with Crippen molar-refractivity contribution in [3.63, 3.8) is 0 Å². The van der Waals surface area contributed by atoms with Gasteiger partial charge in [0.2, 0.25) is 0 Å². The molecule has 0 saturated heterocycles. The first-order valence-electron chi connectivity index (χ1n) is 5.10. The van der Waals surface area contributed by atoms with Crippen molar-refractivity contribution in [3.05, 3.63) is 12.2 Å². The second-order valence-electron chi connectivity index (χ2n) is 3.09. The van der Waals surface area contributed by atoms with Crippen LogP contribution in [0, 0.1) is 0 Å². The molecule has 92 valence electrons. The second-order valence-corrected chi connectivity index (χ2v) is 3.09. The zero-order valence-electron chi connectivity index (χ0n) is 9.89. The summed E-state index contributed by atoms with van der Waals surface area (Å²) in [6.07, 6.45) is 2.53. The van der Waals surface area contributed by atoms with E-state index in [0.717, 1.165) is 0 Å². The SMILES string of the molecule is C/C=C\C(=O)OC(C)C(=O)OCCCOC. The normalized spacial score (nSPS) is 12.4. The smallest absolute Gasteiger partial charge is 0.347 e. The van der Waals surface area contributed by atoms with E-state index in [4.69, 9.17) is 14.2 Å². The fraction of sp³-hybridized carbons (Fsp3) is 0.636. The third kappa shape index (κ3) is 7.00. The minimum atomic E-state index is -0.883. The highest BCUT2D eigenvalue weighted by molar-refractivity contribution is 5.85. The first-order valence-corrected chi connectivity index (χ1v) is 5.10. The van der Waals surface area contributed by atoms with Gasteiger partial charge in [-0.1, -0.05) is 6.08 Å². The fourth-order valence-electron chi connectivity index (χ4n) is 0.891. The number of rotatable bonds is 7. The Morgan fingerprint density at radius 1 is 1.31 bits per heavy atom. The maximum Gasteiger partial charge on any atom is 0.347 e. The highest BCUT2D eigenvalue weighted by Gasteiger charge is 2.17. The minimum absolute atomic E-state index is 0.262. The number of allylic oxidation sites excluding steroid dienone is 1. The number of hydrogen-bond donors (Lipinski definition) is 0. The van der Waals surface area contributed by atoms with E-state index in [1.807, 2.05) is 0 Å². The van der Waals surface area contributed by atoms with Crippen LogP contribution in [-0.4, -0.2) is 38.4 Å². The molecule has 5 nitrogen and oxygen atoms in total. The van der Waals surface area contributed by atoms with E-state index in [9.17, 15) is 9.59 Å². The lowest BCUT2D eigenvalue weighted by Crippen LogP contribution is -2.26. The van der Waals surface area contributed by atoms with E-state index in [-0.39, 0.29) is 6.61 Å². The first-order chi connectivity index (χ1) is 7.61.